The van der Waals surface area contributed by atoms with Gasteiger partial charge in [0, 0.05) is 0 Å². The van der Waals surface area contributed by atoms with Gasteiger partial charge < -0.3 is 10.4 Å². The number of nitrogens with zero attached hydrogens (tertiary/aromatic N) is 3. The van der Waals surface area contributed by atoms with Crippen LogP contribution in [0, 0.1) is 0 Å². The Labute approximate surface area is 118 Å². The molecule has 0 saturated carbocycles. The number of anilines is 2. The highest BCUT2D eigenvalue weighted by atomic mass is 35.5. The summed E-state index contributed by atoms with van der Waals surface area (Å²) in [6, 6.07) is 11.8. The van der Waals surface area contributed by atoms with Gasteiger partial charge in [0.05, 0.1) is 11.3 Å². The summed E-state index contributed by atoms with van der Waals surface area (Å²) in [5.74, 6) is -0.735. The first-order chi connectivity index (χ1) is 9.65. The molecule has 0 fully saturated rings. The Kier molecular flexibility index (Phi) is 3.00. The second-order valence-corrected chi connectivity index (χ2v) is 4.42. The van der Waals surface area contributed by atoms with Crippen molar-refractivity contribution in [1.29, 1.82) is 0 Å². The molecule has 2 aromatic heterocycles. The monoisotopic (exact) mass is 288 g/mol. The summed E-state index contributed by atoms with van der Waals surface area (Å²) in [5, 5.41) is 16.6. The highest BCUT2D eigenvalue weighted by molar-refractivity contribution is 6.29. The second-order valence-electron chi connectivity index (χ2n) is 4.03. The lowest BCUT2D eigenvalue weighted by molar-refractivity contribution is 0.0698. The molecule has 2 N–H and O–H groups in total. The van der Waals surface area contributed by atoms with Crippen LogP contribution in [0.2, 0.25) is 5.15 Å². The number of rotatable bonds is 3. The number of carbonyl (C=O) groups is 1. The number of fused-ring (bicyclic) bond motifs is 1. The van der Waals surface area contributed by atoms with E-state index in [2.05, 4.69) is 15.4 Å². The van der Waals surface area contributed by atoms with Crippen molar-refractivity contribution in [2.45, 2.75) is 0 Å². The van der Waals surface area contributed by atoms with Gasteiger partial charge in [0.2, 0.25) is 5.95 Å². The summed E-state index contributed by atoms with van der Waals surface area (Å²) >= 11 is 5.99. The first-order valence-electron chi connectivity index (χ1n) is 5.76. The summed E-state index contributed by atoms with van der Waals surface area (Å²) in [4.78, 5) is 15.4. The smallest absolute Gasteiger partial charge is 0.337 e. The fourth-order valence-electron chi connectivity index (χ4n) is 1.83. The lowest BCUT2D eigenvalue weighted by Crippen LogP contribution is -2.03. The van der Waals surface area contributed by atoms with Crippen LogP contribution in [0.1, 0.15) is 10.4 Å². The molecule has 0 saturated heterocycles. The van der Waals surface area contributed by atoms with Crippen molar-refractivity contribution >= 4 is 34.9 Å². The van der Waals surface area contributed by atoms with E-state index in [0.29, 0.717) is 16.5 Å². The fraction of sp³-hybridized carbons (Fsp3) is 0. The summed E-state index contributed by atoms with van der Waals surface area (Å²) < 4.78 is 1.47. The number of halogens is 1. The number of hydrogen-bond acceptors (Lipinski definition) is 4. The SMILES string of the molecule is O=C(O)c1ccccc1Nc1nc2cccc(Cl)n2n1. The molecule has 0 unspecified atom stereocenters. The normalized spacial score (nSPS) is 10.7. The maximum atomic E-state index is 11.1. The summed E-state index contributed by atoms with van der Waals surface area (Å²) in [6.07, 6.45) is 0. The van der Waals surface area contributed by atoms with Gasteiger partial charge in [-0.05, 0) is 24.3 Å². The van der Waals surface area contributed by atoms with Crippen molar-refractivity contribution in [1.82, 2.24) is 14.6 Å². The first kappa shape index (κ1) is 12.4. The van der Waals surface area contributed by atoms with E-state index in [9.17, 15) is 4.79 Å². The molecule has 0 radical (unpaired) electrons. The number of benzene rings is 1. The van der Waals surface area contributed by atoms with Crippen molar-refractivity contribution in [2.75, 3.05) is 5.32 Å². The van der Waals surface area contributed by atoms with Gasteiger partial charge in [-0.2, -0.15) is 4.98 Å². The molecule has 1 aromatic carbocycles. The van der Waals surface area contributed by atoms with Crippen LogP contribution in [0.4, 0.5) is 11.6 Å². The van der Waals surface area contributed by atoms with Gasteiger partial charge in [0.15, 0.2) is 5.65 Å². The van der Waals surface area contributed by atoms with E-state index in [1.807, 2.05) is 0 Å². The van der Waals surface area contributed by atoms with Crippen LogP contribution in [0.5, 0.6) is 0 Å². The molecule has 0 bridgehead atoms. The Bertz CT molecular complexity index is 800. The van der Waals surface area contributed by atoms with Crippen LogP contribution < -0.4 is 5.32 Å². The van der Waals surface area contributed by atoms with E-state index in [1.54, 1.807) is 36.4 Å². The average Bonchev–Trinajstić information content (AvgIpc) is 2.83. The van der Waals surface area contributed by atoms with E-state index in [4.69, 9.17) is 16.7 Å². The fourth-order valence-corrected chi connectivity index (χ4v) is 2.02. The van der Waals surface area contributed by atoms with Crippen molar-refractivity contribution < 1.29 is 9.90 Å². The van der Waals surface area contributed by atoms with Gasteiger partial charge in [-0.25, -0.2) is 9.31 Å². The lowest BCUT2D eigenvalue weighted by atomic mass is 10.2. The van der Waals surface area contributed by atoms with Crippen LogP contribution >= 0.6 is 11.6 Å². The van der Waals surface area contributed by atoms with Gasteiger partial charge in [0.25, 0.3) is 0 Å². The molecule has 20 heavy (non-hydrogen) atoms. The Morgan fingerprint density at radius 1 is 1.20 bits per heavy atom. The Morgan fingerprint density at radius 3 is 2.75 bits per heavy atom. The maximum absolute atomic E-state index is 11.1. The van der Waals surface area contributed by atoms with Gasteiger partial charge in [-0.1, -0.05) is 29.8 Å². The van der Waals surface area contributed by atoms with Crippen LogP contribution in [-0.2, 0) is 0 Å². The number of carboxylic acid groups (broad SMARTS) is 1. The molecule has 0 spiro atoms. The molecule has 0 amide bonds. The highest BCUT2D eigenvalue weighted by Gasteiger charge is 2.11. The van der Waals surface area contributed by atoms with Gasteiger partial charge >= 0.3 is 5.97 Å². The number of aromatic nitrogens is 3. The van der Waals surface area contributed by atoms with Crippen LogP contribution in [0.3, 0.4) is 0 Å². The second kappa shape index (κ2) is 4.82. The number of aromatic carboxylic acids is 1. The average molecular weight is 289 g/mol. The third-order valence-electron chi connectivity index (χ3n) is 2.72. The summed E-state index contributed by atoms with van der Waals surface area (Å²) in [6.45, 7) is 0. The molecule has 3 rings (SSSR count). The zero-order valence-corrected chi connectivity index (χ0v) is 10.9. The molecule has 0 aliphatic carbocycles. The molecule has 6 nitrogen and oxygen atoms in total. The number of hydrogen-bond donors (Lipinski definition) is 2. The third-order valence-corrected chi connectivity index (χ3v) is 3.00. The molecule has 0 aliphatic heterocycles. The first-order valence-corrected chi connectivity index (χ1v) is 6.13. The van der Waals surface area contributed by atoms with Gasteiger partial charge in [-0.3, -0.25) is 0 Å². The number of nitrogens with one attached hydrogen (secondary N) is 1. The van der Waals surface area contributed by atoms with E-state index in [0.717, 1.165) is 0 Å². The van der Waals surface area contributed by atoms with Crippen molar-refractivity contribution in [3.8, 4) is 0 Å². The zero-order valence-electron chi connectivity index (χ0n) is 10.1. The van der Waals surface area contributed by atoms with Crippen LogP contribution in [0.15, 0.2) is 42.5 Å². The van der Waals surface area contributed by atoms with Crippen LogP contribution in [0.25, 0.3) is 5.65 Å². The highest BCUT2D eigenvalue weighted by Crippen LogP contribution is 2.20. The molecule has 0 aliphatic rings. The van der Waals surface area contributed by atoms with Gasteiger partial charge in [-0.15, -0.1) is 5.10 Å². The van der Waals surface area contributed by atoms with Crippen LogP contribution in [-0.4, -0.2) is 25.7 Å². The minimum Gasteiger partial charge on any atom is -0.478 e. The summed E-state index contributed by atoms with van der Waals surface area (Å²) in [7, 11) is 0. The topological polar surface area (TPSA) is 79.5 Å². The Hall–Kier alpha value is -2.60. The molecule has 3 aromatic rings. The standard InChI is InChI=1S/C13H9ClN4O2/c14-10-6-3-7-11-16-13(17-18(10)11)15-9-5-2-1-4-8(9)12(19)20/h1-7H,(H,15,17)(H,19,20). The molecule has 2 heterocycles. The predicted octanol–water partition coefficient (Wildman–Crippen LogP) is 2.82. The molecule has 0 atom stereocenters. The van der Waals surface area contributed by atoms with E-state index >= 15 is 0 Å². The van der Waals surface area contributed by atoms with Crippen molar-refractivity contribution in [3.05, 3.63) is 53.2 Å². The minimum absolute atomic E-state index is 0.150. The van der Waals surface area contributed by atoms with E-state index in [-0.39, 0.29) is 11.5 Å². The lowest BCUT2D eigenvalue weighted by Gasteiger charge is -2.05. The molecule has 7 heteroatoms. The Morgan fingerprint density at radius 2 is 2.00 bits per heavy atom. The molecule has 100 valence electrons. The van der Waals surface area contributed by atoms with E-state index in [1.165, 1.54) is 10.6 Å². The number of para-hydroxylation sites is 1. The quantitative estimate of drug-likeness (QED) is 0.725. The van der Waals surface area contributed by atoms with Gasteiger partial charge in [0.1, 0.15) is 5.15 Å². The van der Waals surface area contributed by atoms with E-state index < -0.39 is 5.97 Å². The predicted molar refractivity (Wildman–Crippen MR) is 74.7 cm³/mol. The zero-order chi connectivity index (χ0) is 14.1. The minimum atomic E-state index is -1.02. The number of carboxylic acids is 1. The van der Waals surface area contributed by atoms with Crippen molar-refractivity contribution in [2.24, 2.45) is 0 Å². The maximum Gasteiger partial charge on any atom is 0.337 e. The third kappa shape index (κ3) is 2.17. The summed E-state index contributed by atoms with van der Waals surface area (Å²) in [5.41, 5.74) is 1.15. The van der Waals surface area contributed by atoms with Crippen molar-refractivity contribution in [3.63, 3.8) is 0 Å². The number of pyridine rings is 1. The largest absolute Gasteiger partial charge is 0.478 e. The molecular weight excluding hydrogens is 280 g/mol. The Balaban J connectivity index is 2.02. The molecular formula is C13H9ClN4O2.